The van der Waals surface area contributed by atoms with E-state index in [4.69, 9.17) is 0 Å². The summed E-state index contributed by atoms with van der Waals surface area (Å²) < 4.78 is 0. The first-order valence-corrected chi connectivity index (χ1v) is 6.37. The molecule has 1 aliphatic rings. The molecule has 1 aromatic rings. The van der Waals surface area contributed by atoms with E-state index < -0.39 is 0 Å². The molecule has 0 aliphatic carbocycles. The van der Waals surface area contributed by atoms with Gasteiger partial charge in [0.15, 0.2) is 5.12 Å². The highest BCUT2D eigenvalue weighted by atomic mass is 32.2. The van der Waals surface area contributed by atoms with E-state index in [1.165, 1.54) is 11.8 Å². The van der Waals surface area contributed by atoms with E-state index in [0.717, 1.165) is 5.56 Å². The molecule has 2 heterocycles. The highest BCUT2D eigenvalue weighted by molar-refractivity contribution is 8.14. The van der Waals surface area contributed by atoms with Crippen molar-refractivity contribution in [3.05, 3.63) is 30.1 Å². The maximum atomic E-state index is 11.8. The molecule has 1 fully saturated rings. The molecule has 1 aromatic heterocycles. The number of likely N-dealkylation sites (tertiary alicyclic amines) is 1. The van der Waals surface area contributed by atoms with Crippen LogP contribution in [0.15, 0.2) is 24.5 Å². The number of amides is 1. The van der Waals surface area contributed by atoms with Crippen LogP contribution >= 0.6 is 11.8 Å². The summed E-state index contributed by atoms with van der Waals surface area (Å²) in [6.45, 7) is 2.78. The van der Waals surface area contributed by atoms with Gasteiger partial charge in [-0.15, -0.1) is 0 Å². The van der Waals surface area contributed by atoms with E-state index in [9.17, 15) is 9.59 Å². The molecule has 90 valence electrons. The third kappa shape index (κ3) is 3.30. The van der Waals surface area contributed by atoms with Gasteiger partial charge in [-0.05, 0) is 11.6 Å². The number of nitrogens with zero attached hydrogens (tertiary/aromatic N) is 2. The van der Waals surface area contributed by atoms with Gasteiger partial charge in [-0.2, -0.15) is 0 Å². The summed E-state index contributed by atoms with van der Waals surface area (Å²) in [6, 6.07) is 3.81. The van der Waals surface area contributed by atoms with Gasteiger partial charge in [-0.3, -0.25) is 14.6 Å². The van der Waals surface area contributed by atoms with Crippen molar-refractivity contribution in [1.82, 2.24) is 9.88 Å². The number of carbonyl (C=O) groups excluding carboxylic acids is 2. The first-order chi connectivity index (χ1) is 8.15. The van der Waals surface area contributed by atoms with Crippen molar-refractivity contribution in [2.45, 2.75) is 25.1 Å². The minimum absolute atomic E-state index is 0.0750. The van der Waals surface area contributed by atoms with Crippen LogP contribution in [-0.2, 0) is 16.1 Å². The summed E-state index contributed by atoms with van der Waals surface area (Å²) in [7, 11) is 0. The van der Waals surface area contributed by atoms with E-state index in [0.29, 0.717) is 19.5 Å². The number of carbonyl (C=O) groups is 2. The SMILES string of the molecule is CC(=O)SC1CC(=O)N(Cc2cccnc2)C1. The fraction of sp³-hybridized carbons (Fsp3) is 0.417. The van der Waals surface area contributed by atoms with Gasteiger partial charge in [0.25, 0.3) is 0 Å². The summed E-state index contributed by atoms with van der Waals surface area (Å²) in [5.74, 6) is 0.118. The quantitative estimate of drug-likeness (QED) is 0.815. The molecule has 1 amide bonds. The molecule has 4 nitrogen and oxygen atoms in total. The average Bonchev–Trinajstić information content (AvgIpc) is 2.59. The smallest absolute Gasteiger partial charge is 0.224 e. The molecule has 1 atom stereocenters. The van der Waals surface area contributed by atoms with Crippen molar-refractivity contribution < 1.29 is 9.59 Å². The molecule has 0 spiro atoms. The molecule has 5 heteroatoms. The molecule has 0 aromatic carbocycles. The molecule has 2 rings (SSSR count). The van der Waals surface area contributed by atoms with Gasteiger partial charge in [-0.25, -0.2) is 0 Å². The lowest BCUT2D eigenvalue weighted by Crippen LogP contribution is -2.25. The summed E-state index contributed by atoms with van der Waals surface area (Å²) >= 11 is 1.26. The van der Waals surface area contributed by atoms with E-state index in [1.807, 2.05) is 12.1 Å². The number of rotatable bonds is 3. The Morgan fingerprint density at radius 3 is 3.12 bits per heavy atom. The van der Waals surface area contributed by atoms with E-state index in [1.54, 1.807) is 24.2 Å². The molecule has 1 unspecified atom stereocenters. The van der Waals surface area contributed by atoms with Gasteiger partial charge in [0, 0.05) is 44.1 Å². The normalized spacial score (nSPS) is 19.7. The van der Waals surface area contributed by atoms with E-state index in [-0.39, 0.29) is 16.3 Å². The Hall–Kier alpha value is -1.36. The van der Waals surface area contributed by atoms with Gasteiger partial charge < -0.3 is 4.90 Å². The van der Waals surface area contributed by atoms with Crippen molar-refractivity contribution >= 4 is 22.8 Å². The predicted octanol–water partition coefficient (Wildman–Crippen LogP) is 1.46. The van der Waals surface area contributed by atoms with Crippen LogP contribution in [0.2, 0.25) is 0 Å². The third-order valence-corrected chi connectivity index (χ3v) is 3.59. The van der Waals surface area contributed by atoms with Crippen molar-refractivity contribution in [2.75, 3.05) is 6.54 Å². The topological polar surface area (TPSA) is 50.3 Å². The van der Waals surface area contributed by atoms with Crippen LogP contribution in [0.5, 0.6) is 0 Å². The van der Waals surface area contributed by atoms with E-state index in [2.05, 4.69) is 4.98 Å². The van der Waals surface area contributed by atoms with Gasteiger partial charge in [0.2, 0.25) is 5.91 Å². The van der Waals surface area contributed by atoms with Crippen LogP contribution in [0.3, 0.4) is 0 Å². The van der Waals surface area contributed by atoms with Crippen LogP contribution in [0.25, 0.3) is 0 Å². The second-order valence-corrected chi connectivity index (χ2v) is 5.55. The van der Waals surface area contributed by atoms with Gasteiger partial charge >= 0.3 is 0 Å². The summed E-state index contributed by atoms with van der Waals surface area (Å²) in [5.41, 5.74) is 1.02. The molecule has 1 aliphatic heterocycles. The predicted molar refractivity (Wildman–Crippen MR) is 66.3 cm³/mol. The van der Waals surface area contributed by atoms with Gasteiger partial charge in [0.1, 0.15) is 0 Å². The maximum Gasteiger partial charge on any atom is 0.224 e. The van der Waals surface area contributed by atoms with Crippen LogP contribution in [0.1, 0.15) is 18.9 Å². The van der Waals surface area contributed by atoms with Crippen molar-refractivity contribution in [2.24, 2.45) is 0 Å². The molecule has 0 saturated carbocycles. The Kier molecular flexibility index (Phi) is 3.78. The van der Waals surface area contributed by atoms with Crippen molar-refractivity contribution in [3.8, 4) is 0 Å². The number of thioether (sulfide) groups is 1. The summed E-state index contributed by atoms with van der Waals surface area (Å²) in [4.78, 5) is 28.6. The Labute approximate surface area is 104 Å². The lowest BCUT2D eigenvalue weighted by atomic mass is 10.3. The highest BCUT2D eigenvalue weighted by Gasteiger charge is 2.30. The zero-order chi connectivity index (χ0) is 12.3. The summed E-state index contributed by atoms with van der Waals surface area (Å²) in [6.07, 6.45) is 3.94. The van der Waals surface area contributed by atoms with Crippen LogP contribution in [-0.4, -0.2) is 32.7 Å². The molecule has 17 heavy (non-hydrogen) atoms. The minimum atomic E-state index is 0.0750. The largest absolute Gasteiger partial charge is 0.337 e. The number of pyridine rings is 1. The zero-order valence-electron chi connectivity index (χ0n) is 9.63. The molecular formula is C12H14N2O2S. The summed E-state index contributed by atoms with van der Waals surface area (Å²) in [5, 5.41) is 0.183. The third-order valence-electron chi connectivity index (χ3n) is 2.61. The van der Waals surface area contributed by atoms with Crippen LogP contribution in [0.4, 0.5) is 0 Å². The van der Waals surface area contributed by atoms with E-state index >= 15 is 0 Å². The number of hydrogen-bond donors (Lipinski definition) is 0. The first kappa shape index (κ1) is 12.1. The fourth-order valence-corrected chi connectivity index (χ4v) is 2.86. The number of aromatic nitrogens is 1. The standard InChI is InChI=1S/C12H14N2O2S/c1-9(15)17-11-5-12(16)14(8-11)7-10-3-2-4-13-6-10/h2-4,6,11H,5,7-8H2,1H3. The van der Waals surface area contributed by atoms with Crippen molar-refractivity contribution in [3.63, 3.8) is 0 Å². The van der Waals surface area contributed by atoms with Crippen LogP contribution < -0.4 is 0 Å². The maximum absolute atomic E-state index is 11.8. The van der Waals surface area contributed by atoms with Gasteiger partial charge in [-0.1, -0.05) is 17.8 Å². The highest BCUT2D eigenvalue weighted by Crippen LogP contribution is 2.25. The Morgan fingerprint density at radius 2 is 2.47 bits per heavy atom. The van der Waals surface area contributed by atoms with Crippen molar-refractivity contribution in [1.29, 1.82) is 0 Å². The molecule has 1 saturated heterocycles. The molecule has 0 N–H and O–H groups in total. The lowest BCUT2D eigenvalue weighted by molar-refractivity contribution is -0.128. The second-order valence-electron chi connectivity index (χ2n) is 4.07. The zero-order valence-corrected chi connectivity index (χ0v) is 10.4. The fourth-order valence-electron chi connectivity index (χ4n) is 1.91. The molecule has 0 radical (unpaired) electrons. The Balaban J connectivity index is 1.95. The molecule has 0 bridgehead atoms. The average molecular weight is 250 g/mol. The number of hydrogen-bond acceptors (Lipinski definition) is 4. The minimum Gasteiger partial charge on any atom is -0.337 e. The van der Waals surface area contributed by atoms with Crippen LogP contribution in [0, 0.1) is 0 Å². The Morgan fingerprint density at radius 1 is 1.65 bits per heavy atom. The molecular weight excluding hydrogens is 236 g/mol. The van der Waals surface area contributed by atoms with Gasteiger partial charge in [0.05, 0.1) is 0 Å². The Bertz CT molecular complexity index is 422. The monoisotopic (exact) mass is 250 g/mol. The first-order valence-electron chi connectivity index (χ1n) is 5.49. The lowest BCUT2D eigenvalue weighted by Gasteiger charge is -2.15. The second kappa shape index (κ2) is 5.31.